The summed E-state index contributed by atoms with van der Waals surface area (Å²) in [5, 5.41) is 12.6. The lowest BCUT2D eigenvalue weighted by molar-refractivity contribution is 0.102. The Morgan fingerprint density at radius 2 is 1.35 bits per heavy atom. The van der Waals surface area contributed by atoms with Gasteiger partial charge in [0, 0.05) is 23.3 Å². The van der Waals surface area contributed by atoms with E-state index in [2.05, 4.69) is 21.0 Å². The molecule has 0 saturated heterocycles. The maximum absolute atomic E-state index is 12.6. The van der Waals surface area contributed by atoms with Crippen molar-refractivity contribution >= 4 is 29.0 Å². The molecule has 4 aromatic rings. The van der Waals surface area contributed by atoms with Gasteiger partial charge in [0.1, 0.15) is 0 Å². The van der Waals surface area contributed by atoms with Crippen LogP contribution < -0.4 is 16.0 Å². The fourth-order valence-corrected chi connectivity index (χ4v) is 3.03. The number of nitrogens with zero attached hydrogens (tertiary/aromatic N) is 2. The van der Waals surface area contributed by atoms with E-state index in [0.29, 0.717) is 29.2 Å². The van der Waals surface area contributed by atoms with Gasteiger partial charge in [-0.05, 0) is 35.9 Å². The van der Waals surface area contributed by atoms with E-state index in [1.54, 1.807) is 47.3 Å². The topological polar surface area (TPSA) is 88.1 Å². The maximum Gasteiger partial charge on any atom is 0.323 e. The van der Waals surface area contributed by atoms with E-state index in [1.165, 1.54) is 6.20 Å². The molecule has 3 N–H and O–H groups in total. The molecule has 3 amide bonds. The standard InChI is InChI=1S/C24H21N5O2/c30-23(19-15-25-29(17-19)16-18-8-3-1-4-9-18)26-21-12-7-13-22(14-21)28-24(31)27-20-10-5-2-6-11-20/h1-15,17H,16H2,(H,26,30)(H2,27,28,31). The predicted octanol–water partition coefficient (Wildman–Crippen LogP) is 4.83. The molecule has 0 spiro atoms. The molecule has 1 heterocycles. The minimum absolute atomic E-state index is 0.273. The van der Waals surface area contributed by atoms with Crippen LogP contribution in [0.5, 0.6) is 0 Å². The summed E-state index contributed by atoms with van der Waals surface area (Å²) in [7, 11) is 0. The number of anilines is 3. The van der Waals surface area contributed by atoms with Crippen LogP contribution in [0.15, 0.2) is 97.3 Å². The summed E-state index contributed by atoms with van der Waals surface area (Å²) in [6.45, 7) is 0.587. The molecule has 31 heavy (non-hydrogen) atoms. The number of hydrogen-bond donors (Lipinski definition) is 3. The second-order valence-electron chi connectivity index (χ2n) is 6.89. The van der Waals surface area contributed by atoms with Gasteiger partial charge >= 0.3 is 6.03 Å². The number of rotatable bonds is 6. The highest BCUT2D eigenvalue weighted by atomic mass is 16.2. The zero-order valence-electron chi connectivity index (χ0n) is 16.7. The van der Waals surface area contributed by atoms with Gasteiger partial charge in [0.2, 0.25) is 0 Å². The lowest BCUT2D eigenvalue weighted by atomic mass is 10.2. The number of benzene rings is 3. The van der Waals surface area contributed by atoms with Crippen LogP contribution in [0.3, 0.4) is 0 Å². The fourth-order valence-electron chi connectivity index (χ4n) is 3.03. The molecule has 4 rings (SSSR count). The minimum atomic E-state index is -0.364. The SMILES string of the molecule is O=C(Nc1ccccc1)Nc1cccc(NC(=O)c2cnn(Cc3ccccc3)c2)c1. The first-order valence-electron chi connectivity index (χ1n) is 9.76. The highest BCUT2D eigenvalue weighted by Crippen LogP contribution is 2.17. The first-order chi connectivity index (χ1) is 15.2. The van der Waals surface area contributed by atoms with Crippen molar-refractivity contribution in [2.45, 2.75) is 6.54 Å². The zero-order valence-corrected chi connectivity index (χ0v) is 16.7. The molecule has 0 radical (unpaired) electrons. The van der Waals surface area contributed by atoms with Crippen molar-refractivity contribution in [1.82, 2.24) is 9.78 Å². The molecule has 7 heteroatoms. The van der Waals surface area contributed by atoms with Crippen molar-refractivity contribution in [2.24, 2.45) is 0 Å². The van der Waals surface area contributed by atoms with Gasteiger partial charge in [-0.25, -0.2) is 4.79 Å². The summed E-state index contributed by atoms with van der Waals surface area (Å²) >= 11 is 0. The molecule has 0 bridgehead atoms. The molecule has 0 saturated carbocycles. The van der Waals surface area contributed by atoms with Crippen LogP contribution in [0.25, 0.3) is 0 Å². The largest absolute Gasteiger partial charge is 0.323 e. The summed E-state index contributed by atoms with van der Waals surface area (Å²) in [6, 6.07) is 25.7. The third-order valence-electron chi connectivity index (χ3n) is 4.49. The summed E-state index contributed by atoms with van der Waals surface area (Å²) in [4.78, 5) is 24.8. The molecule has 3 aromatic carbocycles. The van der Waals surface area contributed by atoms with E-state index < -0.39 is 0 Å². The molecule has 0 aliphatic rings. The Morgan fingerprint density at radius 1 is 0.742 bits per heavy atom. The second kappa shape index (κ2) is 9.41. The number of carbonyl (C=O) groups is 2. The second-order valence-corrected chi connectivity index (χ2v) is 6.89. The monoisotopic (exact) mass is 411 g/mol. The summed E-state index contributed by atoms with van der Waals surface area (Å²) in [5.41, 5.74) is 3.38. The number of amides is 3. The van der Waals surface area contributed by atoms with Crippen molar-refractivity contribution < 1.29 is 9.59 Å². The number of para-hydroxylation sites is 1. The molecule has 154 valence electrons. The lowest BCUT2D eigenvalue weighted by Crippen LogP contribution is -2.19. The minimum Gasteiger partial charge on any atom is -0.322 e. The van der Waals surface area contributed by atoms with E-state index in [-0.39, 0.29) is 11.9 Å². The highest BCUT2D eigenvalue weighted by molar-refractivity contribution is 6.05. The molecule has 0 aliphatic carbocycles. The molecule has 0 unspecified atom stereocenters. The predicted molar refractivity (Wildman–Crippen MR) is 121 cm³/mol. The van der Waals surface area contributed by atoms with Crippen LogP contribution in [-0.2, 0) is 6.54 Å². The van der Waals surface area contributed by atoms with Gasteiger partial charge in [-0.2, -0.15) is 5.10 Å². The number of urea groups is 1. The Kier molecular flexibility index (Phi) is 6.04. The van der Waals surface area contributed by atoms with Gasteiger partial charge in [0.25, 0.3) is 5.91 Å². The van der Waals surface area contributed by atoms with Gasteiger partial charge in [0.15, 0.2) is 0 Å². The lowest BCUT2D eigenvalue weighted by Gasteiger charge is -2.09. The van der Waals surface area contributed by atoms with Crippen molar-refractivity contribution in [1.29, 1.82) is 0 Å². The van der Waals surface area contributed by atoms with Crippen LogP contribution in [-0.4, -0.2) is 21.7 Å². The van der Waals surface area contributed by atoms with E-state index >= 15 is 0 Å². The zero-order chi connectivity index (χ0) is 21.5. The Bertz CT molecular complexity index is 1170. The van der Waals surface area contributed by atoms with Crippen molar-refractivity contribution in [2.75, 3.05) is 16.0 Å². The van der Waals surface area contributed by atoms with Gasteiger partial charge in [-0.15, -0.1) is 0 Å². The summed E-state index contributed by atoms with van der Waals surface area (Å²) in [6.07, 6.45) is 3.24. The molecule has 7 nitrogen and oxygen atoms in total. The average molecular weight is 411 g/mol. The fraction of sp³-hybridized carbons (Fsp3) is 0.0417. The number of nitrogens with one attached hydrogen (secondary N) is 3. The van der Waals surface area contributed by atoms with Gasteiger partial charge in [-0.3, -0.25) is 9.48 Å². The Labute approximate surface area is 179 Å². The number of hydrogen-bond acceptors (Lipinski definition) is 3. The van der Waals surface area contributed by atoms with Crippen LogP contribution in [0.2, 0.25) is 0 Å². The summed E-state index contributed by atoms with van der Waals surface area (Å²) < 4.78 is 1.72. The summed E-state index contributed by atoms with van der Waals surface area (Å²) in [5.74, 6) is -0.273. The first kappa shape index (κ1) is 19.9. The third-order valence-corrected chi connectivity index (χ3v) is 4.49. The number of aromatic nitrogens is 2. The van der Waals surface area contributed by atoms with Gasteiger partial charge in [0.05, 0.1) is 18.3 Å². The highest BCUT2D eigenvalue weighted by Gasteiger charge is 2.10. The van der Waals surface area contributed by atoms with Crippen molar-refractivity contribution in [3.8, 4) is 0 Å². The molecular weight excluding hydrogens is 390 g/mol. The van der Waals surface area contributed by atoms with E-state index in [9.17, 15) is 9.59 Å². The van der Waals surface area contributed by atoms with Crippen LogP contribution in [0.1, 0.15) is 15.9 Å². The maximum atomic E-state index is 12.6. The molecule has 1 aromatic heterocycles. The van der Waals surface area contributed by atoms with E-state index in [4.69, 9.17) is 0 Å². The van der Waals surface area contributed by atoms with Gasteiger partial charge < -0.3 is 16.0 Å². The normalized spacial score (nSPS) is 10.3. The van der Waals surface area contributed by atoms with Crippen molar-refractivity contribution in [3.05, 3.63) is 108 Å². The van der Waals surface area contributed by atoms with Gasteiger partial charge in [-0.1, -0.05) is 54.6 Å². The average Bonchev–Trinajstić information content (AvgIpc) is 3.24. The Balaban J connectivity index is 1.36. The van der Waals surface area contributed by atoms with E-state index in [0.717, 1.165) is 5.56 Å². The molecular formula is C24H21N5O2. The smallest absolute Gasteiger partial charge is 0.322 e. The molecule has 0 atom stereocenters. The van der Waals surface area contributed by atoms with E-state index in [1.807, 2.05) is 48.5 Å². The van der Waals surface area contributed by atoms with Crippen molar-refractivity contribution in [3.63, 3.8) is 0 Å². The van der Waals surface area contributed by atoms with Crippen LogP contribution >= 0.6 is 0 Å². The molecule has 0 fully saturated rings. The van der Waals surface area contributed by atoms with Crippen LogP contribution in [0, 0.1) is 0 Å². The van der Waals surface area contributed by atoms with Crippen LogP contribution in [0.4, 0.5) is 21.9 Å². The molecule has 0 aliphatic heterocycles. The number of carbonyl (C=O) groups excluding carboxylic acids is 2. The Morgan fingerprint density at radius 3 is 2.10 bits per heavy atom. The third kappa shape index (κ3) is 5.57. The first-order valence-corrected chi connectivity index (χ1v) is 9.76. The Hall–Kier alpha value is -4.39. The quantitative estimate of drug-likeness (QED) is 0.425.